The molecule has 1 aromatic rings. The Morgan fingerprint density at radius 2 is 1.93 bits per heavy atom. The number of nitrogens with zero attached hydrogens (tertiary/aromatic N) is 3. The molecule has 0 aromatic heterocycles. The first kappa shape index (κ1) is 19.0. The molecule has 1 aliphatic heterocycles. The van der Waals surface area contributed by atoms with Gasteiger partial charge in [-0.25, -0.2) is 0 Å². The number of benzene rings is 1. The highest BCUT2D eigenvalue weighted by Gasteiger charge is 2.29. The number of nitriles is 2. The van der Waals surface area contributed by atoms with Crippen LogP contribution in [0.4, 0.5) is 0 Å². The molecule has 0 saturated carbocycles. The van der Waals surface area contributed by atoms with E-state index in [-0.39, 0.29) is 17.4 Å². The molecule has 3 heteroatoms. The number of hydrogen-bond donors (Lipinski definition) is 0. The molecule has 1 aromatic carbocycles. The molecule has 138 valence electrons. The van der Waals surface area contributed by atoms with Crippen LogP contribution in [0.5, 0.6) is 0 Å². The lowest BCUT2D eigenvalue weighted by Crippen LogP contribution is -2.22. The van der Waals surface area contributed by atoms with Crippen molar-refractivity contribution in [3.63, 3.8) is 0 Å². The van der Waals surface area contributed by atoms with E-state index in [0.717, 1.165) is 25.0 Å². The Morgan fingerprint density at radius 3 is 2.56 bits per heavy atom. The largest absolute Gasteiger partial charge is 0.375 e. The maximum Gasteiger partial charge on any atom is 0.133 e. The summed E-state index contributed by atoms with van der Waals surface area (Å²) in [6.45, 7) is 5.46. The minimum Gasteiger partial charge on any atom is -0.375 e. The Hall–Kier alpha value is -2.78. The molecule has 0 N–H and O–H groups in total. The fourth-order valence-corrected chi connectivity index (χ4v) is 4.30. The maximum atomic E-state index is 9.49. The van der Waals surface area contributed by atoms with Crippen LogP contribution < -0.4 is 0 Å². The summed E-state index contributed by atoms with van der Waals surface area (Å²) in [4.78, 5) is 2.42. The Labute approximate surface area is 162 Å². The standard InChI is InChI=1S/C24H27N3/c1-18-10-11-23(24(15-18)21(16-25)17-26)22(20-8-4-3-5-9-20)12-14-27-13-6-7-19(27)2/h3-5,8-9,12,14-15,19,22-23H,6-7,10-11,13H2,1-2H3/b14-12+/t19-,22?,23?/m1/s1. The van der Waals surface area contributed by atoms with E-state index in [4.69, 9.17) is 0 Å². The smallest absolute Gasteiger partial charge is 0.133 e. The second-order valence-electron chi connectivity index (χ2n) is 7.70. The lowest BCUT2D eigenvalue weighted by atomic mass is 9.73. The molecular formula is C24H27N3. The molecule has 0 spiro atoms. The molecule has 3 atom stereocenters. The van der Waals surface area contributed by atoms with Gasteiger partial charge in [-0.1, -0.05) is 48.1 Å². The SMILES string of the molecule is CC1=CC(=C(C#N)C#N)C(C(/C=C/N2CCC[C@H]2C)c2ccccc2)CC1. The zero-order chi connectivity index (χ0) is 19.2. The second kappa shape index (κ2) is 8.74. The van der Waals surface area contributed by atoms with Crippen molar-refractivity contribution in [1.82, 2.24) is 4.90 Å². The van der Waals surface area contributed by atoms with Gasteiger partial charge >= 0.3 is 0 Å². The highest BCUT2D eigenvalue weighted by molar-refractivity contribution is 5.49. The Morgan fingerprint density at radius 1 is 1.19 bits per heavy atom. The van der Waals surface area contributed by atoms with E-state index in [1.165, 1.54) is 24.0 Å². The van der Waals surface area contributed by atoms with Gasteiger partial charge in [0.05, 0.1) is 0 Å². The molecule has 2 aliphatic rings. The summed E-state index contributed by atoms with van der Waals surface area (Å²) in [6.07, 6.45) is 11.1. The van der Waals surface area contributed by atoms with Crippen LogP contribution in [0.25, 0.3) is 0 Å². The molecule has 0 amide bonds. The van der Waals surface area contributed by atoms with Crippen molar-refractivity contribution in [2.24, 2.45) is 5.92 Å². The fourth-order valence-electron chi connectivity index (χ4n) is 4.30. The van der Waals surface area contributed by atoms with Gasteiger partial charge < -0.3 is 4.90 Å². The second-order valence-corrected chi connectivity index (χ2v) is 7.70. The molecule has 1 fully saturated rings. The summed E-state index contributed by atoms with van der Waals surface area (Å²) in [5, 5.41) is 19.0. The minimum absolute atomic E-state index is 0.152. The summed E-state index contributed by atoms with van der Waals surface area (Å²) in [7, 11) is 0. The normalized spacial score (nSPS) is 23.6. The highest BCUT2D eigenvalue weighted by atomic mass is 15.1. The van der Waals surface area contributed by atoms with E-state index >= 15 is 0 Å². The van der Waals surface area contributed by atoms with Crippen LogP contribution in [0.15, 0.2) is 65.4 Å². The average molecular weight is 358 g/mol. The van der Waals surface area contributed by atoms with Gasteiger partial charge in [0, 0.05) is 18.5 Å². The molecule has 3 rings (SSSR count). The molecule has 0 bridgehead atoms. The van der Waals surface area contributed by atoms with Crippen LogP contribution in [0.3, 0.4) is 0 Å². The van der Waals surface area contributed by atoms with Crippen LogP contribution in [0.1, 0.15) is 51.0 Å². The topological polar surface area (TPSA) is 50.8 Å². The predicted octanol–water partition coefficient (Wildman–Crippen LogP) is 5.47. The van der Waals surface area contributed by atoms with Crippen molar-refractivity contribution >= 4 is 0 Å². The molecule has 1 aliphatic carbocycles. The lowest BCUT2D eigenvalue weighted by molar-refractivity contribution is 0.368. The van der Waals surface area contributed by atoms with Crippen molar-refractivity contribution in [3.8, 4) is 12.1 Å². The molecule has 1 heterocycles. The van der Waals surface area contributed by atoms with Crippen LogP contribution in [-0.4, -0.2) is 17.5 Å². The third-order valence-electron chi connectivity index (χ3n) is 5.87. The van der Waals surface area contributed by atoms with Gasteiger partial charge in [-0.05, 0) is 62.8 Å². The van der Waals surface area contributed by atoms with Gasteiger partial charge in [0.2, 0.25) is 0 Å². The summed E-state index contributed by atoms with van der Waals surface area (Å²) >= 11 is 0. The first-order valence-electron chi connectivity index (χ1n) is 9.84. The van der Waals surface area contributed by atoms with E-state index in [9.17, 15) is 10.5 Å². The van der Waals surface area contributed by atoms with Crippen molar-refractivity contribution in [3.05, 3.63) is 71.0 Å². The van der Waals surface area contributed by atoms with Crippen molar-refractivity contribution in [2.75, 3.05) is 6.54 Å². The quantitative estimate of drug-likeness (QED) is 0.672. The number of likely N-dealkylation sites (tertiary alicyclic amines) is 1. The van der Waals surface area contributed by atoms with Crippen LogP contribution in [-0.2, 0) is 0 Å². The Balaban J connectivity index is 2.02. The van der Waals surface area contributed by atoms with Gasteiger partial charge in [-0.15, -0.1) is 0 Å². The minimum atomic E-state index is 0.152. The molecule has 27 heavy (non-hydrogen) atoms. The molecule has 1 saturated heterocycles. The van der Waals surface area contributed by atoms with E-state index < -0.39 is 0 Å². The number of rotatable bonds is 4. The van der Waals surface area contributed by atoms with Gasteiger partial charge in [0.1, 0.15) is 17.7 Å². The fraction of sp³-hybridized carbons (Fsp3) is 0.417. The average Bonchev–Trinajstić information content (AvgIpc) is 3.10. The van der Waals surface area contributed by atoms with Crippen LogP contribution in [0.2, 0.25) is 0 Å². The summed E-state index contributed by atoms with van der Waals surface area (Å²) in [5.74, 6) is 0.314. The monoisotopic (exact) mass is 357 g/mol. The highest BCUT2D eigenvalue weighted by Crippen LogP contribution is 2.41. The van der Waals surface area contributed by atoms with Crippen molar-refractivity contribution in [2.45, 2.75) is 51.5 Å². The molecular weight excluding hydrogens is 330 g/mol. The predicted molar refractivity (Wildman–Crippen MR) is 108 cm³/mol. The van der Waals surface area contributed by atoms with Gasteiger partial charge in [0.25, 0.3) is 0 Å². The summed E-state index contributed by atoms with van der Waals surface area (Å²) in [6, 6.07) is 15.3. The lowest BCUT2D eigenvalue weighted by Gasteiger charge is -2.31. The molecule has 0 radical (unpaired) electrons. The molecule has 3 nitrogen and oxygen atoms in total. The first-order chi connectivity index (χ1) is 13.1. The van der Waals surface area contributed by atoms with E-state index in [0.29, 0.717) is 6.04 Å². The van der Waals surface area contributed by atoms with Gasteiger partial charge in [-0.2, -0.15) is 10.5 Å². The Kier molecular flexibility index (Phi) is 6.15. The summed E-state index contributed by atoms with van der Waals surface area (Å²) in [5.41, 5.74) is 3.64. The third kappa shape index (κ3) is 4.32. The zero-order valence-corrected chi connectivity index (χ0v) is 16.2. The van der Waals surface area contributed by atoms with Crippen LogP contribution in [0, 0.1) is 28.6 Å². The van der Waals surface area contributed by atoms with E-state index in [1.54, 1.807) is 0 Å². The zero-order valence-electron chi connectivity index (χ0n) is 16.2. The van der Waals surface area contributed by atoms with E-state index in [1.807, 2.05) is 6.07 Å². The Bertz CT molecular complexity index is 817. The number of hydrogen-bond acceptors (Lipinski definition) is 3. The number of allylic oxidation sites excluding steroid dienone is 5. The van der Waals surface area contributed by atoms with Gasteiger partial charge in [0.15, 0.2) is 0 Å². The first-order valence-corrected chi connectivity index (χ1v) is 9.84. The van der Waals surface area contributed by atoms with Crippen molar-refractivity contribution < 1.29 is 0 Å². The van der Waals surface area contributed by atoms with Gasteiger partial charge in [-0.3, -0.25) is 0 Å². The van der Waals surface area contributed by atoms with Crippen LogP contribution >= 0.6 is 0 Å². The third-order valence-corrected chi connectivity index (χ3v) is 5.87. The van der Waals surface area contributed by atoms with Crippen molar-refractivity contribution in [1.29, 1.82) is 10.5 Å². The van der Waals surface area contributed by atoms with E-state index in [2.05, 4.69) is 73.5 Å². The summed E-state index contributed by atoms with van der Waals surface area (Å²) < 4.78 is 0. The maximum absolute atomic E-state index is 9.49. The molecule has 2 unspecified atom stereocenters.